The summed E-state index contributed by atoms with van der Waals surface area (Å²) < 4.78 is 5.42. The number of carbonyl (C=O) groups excluding carboxylic acids is 1. The average molecular weight is 289 g/mol. The molecule has 1 heterocycles. The van der Waals surface area contributed by atoms with Crippen LogP contribution in [-0.2, 0) is 0 Å². The summed E-state index contributed by atoms with van der Waals surface area (Å²) in [4.78, 5) is 16.1. The molecule has 0 spiro atoms. The first kappa shape index (κ1) is 14.0. The van der Waals surface area contributed by atoms with Gasteiger partial charge in [0.1, 0.15) is 5.75 Å². The van der Waals surface area contributed by atoms with Gasteiger partial charge in [-0.15, -0.1) is 0 Å². The topological polar surface area (TPSA) is 39.2 Å². The van der Waals surface area contributed by atoms with Crippen LogP contribution in [-0.4, -0.2) is 17.9 Å². The number of aromatic nitrogens is 1. The van der Waals surface area contributed by atoms with E-state index in [0.717, 1.165) is 22.1 Å². The second kappa shape index (κ2) is 6.22. The zero-order valence-corrected chi connectivity index (χ0v) is 12.2. The molecule has 0 fully saturated rings. The Hall–Kier alpha value is -2.94. The van der Waals surface area contributed by atoms with E-state index in [1.165, 1.54) is 0 Å². The van der Waals surface area contributed by atoms with Crippen LogP contribution in [0.4, 0.5) is 0 Å². The van der Waals surface area contributed by atoms with E-state index in [4.69, 9.17) is 4.74 Å². The molecule has 0 radical (unpaired) electrons. The Kier molecular flexibility index (Phi) is 3.97. The number of ketones is 1. The van der Waals surface area contributed by atoms with Crippen molar-refractivity contribution in [1.29, 1.82) is 0 Å². The highest BCUT2D eigenvalue weighted by Gasteiger charge is 2.06. The van der Waals surface area contributed by atoms with Crippen molar-refractivity contribution in [3.63, 3.8) is 0 Å². The quantitative estimate of drug-likeness (QED) is 0.535. The van der Waals surface area contributed by atoms with Gasteiger partial charge in [0.15, 0.2) is 5.78 Å². The van der Waals surface area contributed by atoms with Gasteiger partial charge in [-0.25, -0.2) is 0 Å². The molecule has 1 aromatic heterocycles. The number of hydrogen-bond donors (Lipinski definition) is 0. The van der Waals surface area contributed by atoms with Gasteiger partial charge in [-0.2, -0.15) is 0 Å². The average Bonchev–Trinajstić information content (AvgIpc) is 2.60. The van der Waals surface area contributed by atoms with Crippen molar-refractivity contribution in [2.45, 2.75) is 0 Å². The minimum absolute atomic E-state index is 0.0580. The molecule has 2 aromatic carbocycles. The van der Waals surface area contributed by atoms with Crippen LogP contribution in [0.5, 0.6) is 5.75 Å². The van der Waals surface area contributed by atoms with Crippen molar-refractivity contribution in [1.82, 2.24) is 4.98 Å². The molecule has 3 aromatic rings. The number of hydrogen-bond acceptors (Lipinski definition) is 3. The number of pyridine rings is 1. The van der Waals surface area contributed by atoms with Gasteiger partial charge in [-0.3, -0.25) is 9.78 Å². The molecule has 108 valence electrons. The van der Waals surface area contributed by atoms with Gasteiger partial charge in [-0.05, 0) is 41.1 Å². The first-order valence-corrected chi connectivity index (χ1v) is 6.98. The van der Waals surface area contributed by atoms with E-state index < -0.39 is 0 Å². The first-order valence-electron chi connectivity index (χ1n) is 6.98. The van der Waals surface area contributed by atoms with Crippen LogP contribution >= 0.6 is 0 Å². The fraction of sp³-hybridized carbons (Fsp3) is 0.0526. The molecular weight excluding hydrogens is 274 g/mol. The Morgan fingerprint density at radius 2 is 1.82 bits per heavy atom. The third kappa shape index (κ3) is 2.74. The molecule has 0 saturated carbocycles. The minimum Gasteiger partial charge on any atom is -0.496 e. The van der Waals surface area contributed by atoms with E-state index in [1.807, 2.05) is 42.5 Å². The van der Waals surface area contributed by atoms with Gasteiger partial charge in [-0.1, -0.05) is 30.3 Å². The minimum atomic E-state index is -0.0580. The molecule has 3 heteroatoms. The molecule has 22 heavy (non-hydrogen) atoms. The number of carbonyl (C=O) groups is 1. The van der Waals surface area contributed by atoms with Crippen LogP contribution in [0, 0.1) is 0 Å². The fourth-order valence-corrected chi connectivity index (χ4v) is 2.40. The van der Waals surface area contributed by atoms with Gasteiger partial charge < -0.3 is 4.74 Å². The maximum atomic E-state index is 12.2. The molecule has 0 saturated heterocycles. The van der Waals surface area contributed by atoms with Crippen molar-refractivity contribution in [3.8, 4) is 5.75 Å². The molecule has 3 nitrogen and oxygen atoms in total. The summed E-state index contributed by atoms with van der Waals surface area (Å²) in [6.07, 6.45) is 6.60. The normalized spacial score (nSPS) is 11.0. The Morgan fingerprint density at radius 3 is 2.59 bits per heavy atom. The second-order valence-electron chi connectivity index (χ2n) is 4.84. The highest BCUT2D eigenvalue weighted by atomic mass is 16.5. The molecular formula is C19H15NO2. The molecule has 0 aliphatic rings. The number of ether oxygens (including phenoxy) is 1. The van der Waals surface area contributed by atoms with Crippen LogP contribution in [0.1, 0.15) is 15.9 Å². The lowest BCUT2D eigenvalue weighted by Crippen LogP contribution is -1.94. The van der Waals surface area contributed by atoms with Gasteiger partial charge in [0.05, 0.1) is 7.11 Å². The third-order valence-electron chi connectivity index (χ3n) is 3.52. The van der Waals surface area contributed by atoms with Crippen molar-refractivity contribution in [3.05, 3.63) is 78.1 Å². The maximum absolute atomic E-state index is 12.2. The molecule has 0 bridgehead atoms. The molecule has 0 amide bonds. The Balaban J connectivity index is 2.02. The highest BCUT2D eigenvalue weighted by Crippen LogP contribution is 2.29. The van der Waals surface area contributed by atoms with Crippen LogP contribution in [0.3, 0.4) is 0 Å². The van der Waals surface area contributed by atoms with E-state index in [0.29, 0.717) is 5.56 Å². The highest BCUT2D eigenvalue weighted by molar-refractivity contribution is 6.08. The standard InChI is InChI=1S/C19H15NO2/c1-22-19-9-6-14-4-2-3-5-16(14)17(19)7-8-18(21)15-10-12-20-13-11-15/h2-13H,1H3/b8-7-. The van der Waals surface area contributed by atoms with Gasteiger partial charge in [0.2, 0.25) is 0 Å². The first-order chi connectivity index (χ1) is 10.8. The van der Waals surface area contributed by atoms with Crippen LogP contribution in [0.25, 0.3) is 16.8 Å². The molecule has 3 rings (SSSR count). The van der Waals surface area contributed by atoms with E-state index in [-0.39, 0.29) is 5.78 Å². The van der Waals surface area contributed by atoms with Crippen LogP contribution in [0.15, 0.2) is 67.0 Å². The monoisotopic (exact) mass is 289 g/mol. The number of fused-ring (bicyclic) bond motifs is 1. The van der Waals surface area contributed by atoms with Crippen molar-refractivity contribution in [2.24, 2.45) is 0 Å². The number of rotatable bonds is 4. The third-order valence-corrected chi connectivity index (χ3v) is 3.52. The van der Waals surface area contributed by atoms with Crippen LogP contribution in [0.2, 0.25) is 0 Å². The Labute approximate surface area is 128 Å². The van der Waals surface area contributed by atoms with Gasteiger partial charge in [0.25, 0.3) is 0 Å². The van der Waals surface area contributed by atoms with E-state index in [1.54, 1.807) is 37.7 Å². The second-order valence-corrected chi connectivity index (χ2v) is 4.84. The summed E-state index contributed by atoms with van der Waals surface area (Å²) in [5.41, 5.74) is 1.52. The fourth-order valence-electron chi connectivity index (χ4n) is 2.40. The van der Waals surface area contributed by atoms with Gasteiger partial charge in [0, 0.05) is 23.5 Å². The zero-order valence-electron chi connectivity index (χ0n) is 12.2. The number of nitrogens with zero attached hydrogens (tertiary/aromatic N) is 1. The van der Waals surface area contributed by atoms with Crippen LogP contribution < -0.4 is 4.74 Å². The molecule has 0 atom stereocenters. The largest absolute Gasteiger partial charge is 0.496 e. The number of allylic oxidation sites excluding steroid dienone is 1. The summed E-state index contributed by atoms with van der Waals surface area (Å²) >= 11 is 0. The summed E-state index contributed by atoms with van der Waals surface area (Å²) in [5, 5.41) is 2.17. The van der Waals surface area contributed by atoms with Gasteiger partial charge >= 0.3 is 0 Å². The van der Waals surface area contributed by atoms with Crippen molar-refractivity contribution in [2.75, 3.05) is 7.11 Å². The van der Waals surface area contributed by atoms with Crippen molar-refractivity contribution < 1.29 is 9.53 Å². The zero-order chi connectivity index (χ0) is 15.4. The summed E-state index contributed by atoms with van der Waals surface area (Å²) in [7, 11) is 1.63. The molecule has 0 unspecified atom stereocenters. The van der Waals surface area contributed by atoms with E-state index >= 15 is 0 Å². The lowest BCUT2D eigenvalue weighted by Gasteiger charge is -2.08. The summed E-state index contributed by atoms with van der Waals surface area (Å²) in [5.74, 6) is 0.690. The smallest absolute Gasteiger partial charge is 0.185 e. The van der Waals surface area contributed by atoms with E-state index in [2.05, 4.69) is 4.98 Å². The lowest BCUT2D eigenvalue weighted by molar-refractivity contribution is 0.104. The Bertz CT molecular complexity index is 838. The summed E-state index contributed by atoms with van der Waals surface area (Å²) in [6, 6.07) is 15.4. The predicted octanol–water partition coefficient (Wildman–Crippen LogP) is 4.14. The predicted molar refractivity (Wildman–Crippen MR) is 88.1 cm³/mol. The van der Waals surface area contributed by atoms with E-state index in [9.17, 15) is 4.79 Å². The van der Waals surface area contributed by atoms with Crippen molar-refractivity contribution >= 4 is 22.6 Å². The SMILES string of the molecule is COc1ccc2ccccc2c1/C=C\C(=O)c1ccncc1. The maximum Gasteiger partial charge on any atom is 0.185 e. The molecule has 0 aliphatic carbocycles. The lowest BCUT2D eigenvalue weighted by atomic mass is 10.0. The Morgan fingerprint density at radius 1 is 1.05 bits per heavy atom. The number of benzene rings is 2. The molecule has 0 N–H and O–H groups in total. The number of methoxy groups -OCH3 is 1. The molecule has 0 aliphatic heterocycles. The summed E-state index contributed by atoms with van der Waals surface area (Å²) in [6.45, 7) is 0.